The number of carbonyl (C=O) groups excluding carboxylic acids is 1. The molecule has 0 aliphatic carbocycles. The molecule has 0 aliphatic rings. The smallest absolute Gasteiger partial charge is 0.406 e. The lowest BCUT2D eigenvalue weighted by molar-refractivity contribution is -0.391. The van der Waals surface area contributed by atoms with Gasteiger partial charge in [0.25, 0.3) is 5.82 Å². The van der Waals surface area contributed by atoms with Crippen LogP contribution in [0.1, 0.15) is 16.2 Å². The van der Waals surface area contributed by atoms with Crippen LogP contribution in [0.25, 0.3) is 0 Å². The normalized spacial score (nSPS) is 11.2. The minimum atomic E-state index is -4.78. The molecule has 0 aliphatic heterocycles. The number of hydrogen-bond donors (Lipinski definition) is 1. The van der Waals surface area contributed by atoms with Gasteiger partial charge < -0.3 is 20.2 Å². The fraction of sp³-hybridized carbons (Fsp3) is 0.231. The number of alkyl halides is 3. The molecule has 0 fully saturated rings. The molecule has 1 aromatic carbocycles. The van der Waals surface area contributed by atoms with Crippen molar-refractivity contribution in [3.8, 4) is 5.75 Å². The molecule has 0 unspecified atom stereocenters. The molecule has 2 aromatic rings. The van der Waals surface area contributed by atoms with Crippen LogP contribution in [0.2, 0.25) is 0 Å². The molecule has 128 valence electrons. The predicted octanol–water partition coefficient (Wildman–Crippen LogP) is 2.16. The molecule has 0 bridgehead atoms. The second-order valence-electron chi connectivity index (χ2n) is 4.63. The fourth-order valence-electron chi connectivity index (χ4n) is 1.85. The topological polar surface area (TPSA) is 99.3 Å². The van der Waals surface area contributed by atoms with Crippen LogP contribution in [0.15, 0.2) is 30.5 Å². The Morgan fingerprint density at radius 2 is 2.00 bits per heavy atom. The van der Waals surface area contributed by atoms with Crippen molar-refractivity contribution in [1.29, 1.82) is 0 Å². The number of benzene rings is 1. The van der Waals surface area contributed by atoms with E-state index in [2.05, 4.69) is 15.0 Å². The number of aromatic nitrogens is 2. The Hall–Kier alpha value is -3.11. The molecule has 24 heavy (non-hydrogen) atoms. The van der Waals surface area contributed by atoms with E-state index in [9.17, 15) is 28.1 Å². The number of ether oxygens (including phenoxy) is 1. The molecule has 2 rings (SSSR count). The first kappa shape index (κ1) is 17.2. The molecule has 1 N–H and O–H groups in total. The molecule has 1 aromatic heterocycles. The monoisotopic (exact) mass is 344 g/mol. The van der Waals surface area contributed by atoms with E-state index in [0.29, 0.717) is 5.56 Å². The van der Waals surface area contributed by atoms with Crippen molar-refractivity contribution in [2.75, 3.05) is 0 Å². The van der Waals surface area contributed by atoms with Gasteiger partial charge in [-0.25, -0.2) is 9.55 Å². The van der Waals surface area contributed by atoms with E-state index in [4.69, 9.17) is 0 Å². The van der Waals surface area contributed by atoms with Crippen LogP contribution in [-0.2, 0) is 13.6 Å². The van der Waals surface area contributed by atoms with Gasteiger partial charge in [0.1, 0.15) is 11.9 Å². The highest BCUT2D eigenvalue weighted by molar-refractivity contribution is 5.91. The highest BCUT2D eigenvalue weighted by atomic mass is 19.4. The zero-order chi connectivity index (χ0) is 17.9. The number of imidazole rings is 1. The van der Waals surface area contributed by atoms with Gasteiger partial charge in [-0.2, -0.15) is 0 Å². The summed E-state index contributed by atoms with van der Waals surface area (Å²) in [5.41, 5.74) is 0.515. The molecular weight excluding hydrogens is 333 g/mol. The molecule has 1 amide bonds. The summed E-state index contributed by atoms with van der Waals surface area (Å²) in [4.78, 5) is 25.6. The number of rotatable bonds is 5. The maximum atomic E-state index is 12.0. The van der Waals surface area contributed by atoms with E-state index in [-0.39, 0.29) is 23.9 Å². The quantitative estimate of drug-likeness (QED) is 0.662. The first-order chi connectivity index (χ1) is 11.2. The van der Waals surface area contributed by atoms with Gasteiger partial charge in [-0.15, -0.1) is 13.2 Å². The Balaban J connectivity index is 1.98. The summed E-state index contributed by atoms with van der Waals surface area (Å²) in [6, 6.07) is 4.92. The van der Waals surface area contributed by atoms with Gasteiger partial charge in [-0.05, 0) is 22.6 Å². The zero-order valence-corrected chi connectivity index (χ0v) is 12.2. The molecule has 8 nitrogen and oxygen atoms in total. The number of halogens is 3. The van der Waals surface area contributed by atoms with Crippen molar-refractivity contribution in [2.24, 2.45) is 7.05 Å². The Morgan fingerprint density at radius 3 is 2.50 bits per heavy atom. The predicted molar refractivity (Wildman–Crippen MR) is 74.2 cm³/mol. The summed E-state index contributed by atoms with van der Waals surface area (Å²) in [6.07, 6.45) is -3.82. The van der Waals surface area contributed by atoms with Crippen molar-refractivity contribution in [3.63, 3.8) is 0 Å². The van der Waals surface area contributed by atoms with E-state index in [1.165, 1.54) is 19.2 Å². The SMILES string of the molecule is Cn1c([N+](=O)[O-])cnc1C(=O)NCc1ccc(OC(F)(F)F)cc1. The molecule has 0 atom stereocenters. The standard InChI is InChI=1S/C13H11F3N4O4/c1-19-10(20(22)23)7-17-11(19)12(21)18-6-8-2-4-9(5-3-8)24-13(14,15)16/h2-5,7H,6H2,1H3,(H,18,21). The van der Waals surface area contributed by atoms with Crippen molar-refractivity contribution in [3.05, 3.63) is 52.0 Å². The third-order valence-electron chi connectivity index (χ3n) is 2.96. The molecule has 0 saturated heterocycles. The van der Waals surface area contributed by atoms with Gasteiger partial charge >= 0.3 is 18.1 Å². The van der Waals surface area contributed by atoms with Crippen LogP contribution in [0, 0.1) is 10.1 Å². The number of carbonyl (C=O) groups is 1. The summed E-state index contributed by atoms with van der Waals surface area (Å²) in [5, 5.41) is 13.2. The van der Waals surface area contributed by atoms with Crippen LogP contribution in [-0.4, -0.2) is 26.7 Å². The van der Waals surface area contributed by atoms with Crippen LogP contribution < -0.4 is 10.1 Å². The van der Waals surface area contributed by atoms with Gasteiger partial charge in [0.2, 0.25) is 0 Å². The molecular formula is C13H11F3N4O4. The second kappa shape index (κ2) is 6.56. The van der Waals surface area contributed by atoms with Gasteiger partial charge in [0.05, 0.1) is 7.05 Å². The molecule has 0 spiro atoms. The lowest BCUT2D eigenvalue weighted by Crippen LogP contribution is -2.26. The maximum absolute atomic E-state index is 12.0. The van der Waals surface area contributed by atoms with E-state index in [1.54, 1.807) is 0 Å². The lowest BCUT2D eigenvalue weighted by atomic mass is 10.2. The van der Waals surface area contributed by atoms with Crippen molar-refractivity contribution in [1.82, 2.24) is 14.9 Å². The summed E-state index contributed by atoms with van der Waals surface area (Å²) >= 11 is 0. The van der Waals surface area contributed by atoms with Gasteiger partial charge in [0.15, 0.2) is 0 Å². The van der Waals surface area contributed by atoms with Gasteiger partial charge in [-0.1, -0.05) is 12.1 Å². The summed E-state index contributed by atoms with van der Waals surface area (Å²) in [7, 11) is 1.32. The molecule has 0 radical (unpaired) electrons. The molecule has 11 heteroatoms. The number of nitrogens with zero attached hydrogens (tertiary/aromatic N) is 3. The highest BCUT2D eigenvalue weighted by Crippen LogP contribution is 2.22. The van der Waals surface area contributed by atoms with Crippen molar-refractivity contribution < 1.29 is 27.6 Å². The minimum absolute atomic E-state index is 0.00574. The van der Waals surface area contributed by atoms with E-state index in [0.717, 1.165) is 22.9 Å². The average Bonchev–Trinajstić information content (AvgIpc) is 2.86. The highest BCUT2D eigenvalue weighted by Gasteiger charge is 2.31. The van der Waals surface area contributed by atoms with Crippen LogP contribution in [0.3, 0.4) is 0 Å². The Labute approximate surface area is 133 Å². The van der Waals surface area contributed by atoms with Crippen molar-refractivity contribution >= 4 is 11.7 Å². The van der Waals surface area contributed by atoms with Crippen LogP contribution in [0.5, 0.6) is 5.75 Å². The Morgan fingerprint density at radius 1 is 1.38 bits per heavy atom. The largest absolute Gasteiger partial charge is 0.573 e. The average molecular weight is 344 g/mol. The molecule has 1 heterocycles. The summed E-state index contributed by atoms with van der Waals surface area (Å²) in [5.74, 6) is -1.52. The number of nitro groups is 1. The second-order valence-corrected chi connectivity index (χ2v) is 4.63. The van der Waals surface area contributed by atoms with Crippen LogP contribution >= 0.6 is 0 Å². The number of nitrogens with one attached hydrogen (secondary N) is 1. The zero-order valence-electron chi connectivity index (χ0n) is 12.2. The Kier molecular flexibility index (Phi) is 4.71. The van der Waals surface area contributed by atoms with E-state index < -0.39 is 17.2 Å². The maximum Gasteiger partial charge on any atom is 0.573 e. The number of hydrogen-bond acceptors (Lipinski definition) is 5. The van der Waals surface area contributed by atoms with Gasteiger partial charge in [0, 0.05) is 6.54 Å². The number of amides is 1. The molecule has 0 saturated carbocycles. The first-order valence-corrected chi connectivity index (χ1v) is 6.46. The summed E-state index contributed by atoms with van der Waals surface area (Å²) < 4.78 is 40.9. The summed E-state index contributed by atoms with van der Waals surface area (Å²) in [6.45, 7) is 0.00574. The van der Waals surface area contributed by atoms with Gasteiger partial charge in [-0.3, -0.25) is 4.79 Å². The minimum Gasteiger partial charge on any atom is -0.406 e. The van der Waals surface area contributed by atoms with E-state index >= 15 is 0 Å². The first-order valence-electron chi connectivity index (χ1n) is 6.46. The third-order valence-corrected chi connectivity index (χ3v) is 2.96. The Bertz CT molecular complexity index is 756. The third kappa shape index (κ3) is 4.21. The van der Waals surface area contributed by atoms with Crippen molar-refractivity contribution in [2.45, 2.75) is 12.9 Å². The lowest BCUT2D eigenvalue weighted by Gasteiger charge is -2.09. The fourth-order valence-corrected chi connectivity index (χ4v) is 1.85. The van der Waals surface area contributed by atoms with E-state index in [1.807, 2.05) is 0 Å². The van der Waals surface area contributed by atoms with Crippen LogP contribution in [0.4, 0.5) is 19.0 Å².